The van der Waals surface area contributed by atoms with Crippen molar-refractivity contribution in [2.45, 2.75) is 62.1 Å². The summed E-state index contributed by atoms with van der Waals surface area (Å²) in [5.74, 6) is 0.340. The zero-order valence-corrected chi connectivity index (χ0v) is 29.1. The van der Waals surface area contributed by atoms with E-state index in [1.807, 2.05) is 28.8 Å². The Labute approximate surface area is 283 Å². The predicted molar refractivity (Wildman–Crippen MR) is 184 cm³/mol. The third-order valence-corrected chi connectivity index (χ3v) is 11.5. The Hall–Kier alpha value is -3.05. The number of halogens is 1. The van der Waals surface area contributed by atoms with Crippen LogP contribution in [0.2, 0.25) is 5.02 Å². The molecule has 1 spiro atoms. The lowest BCUT2D eigenvalue weighted by molar-refractivity contribution is -0.139. The highest BCUT2D eigenvalue weighted by Crippen LogP contribution is 2.48. The number of aryl methyl sites for hydroxylation is 1. The van der Waals surface area contributed by atoms with Crippen LogP contribution >= 0.6 is 11.6 Å². The van der Waals surface area contributed by atoms with Crippen LogP contribution in [-0.2, 0) is 37.0 Å². The van der Waals surface area contributed by atoms with Gasteiger partial charge in [-0.1, -0.05) is 42.5 Å². The van der Waals surface area contributed by atoms with Crippen molar-refractivity contribution in [3.63, 3.8) is 0 Å². The summed E-state index contributed by atoms with van der Waals surface area (Å²) in [6, 6.07) is 11.5. The van der Waals surface area contributed by atoms with Gasteiger partial charge in [-0.05, 0) is 91.3 Å². The number of anilines is 1. The Balaban J connectivity index is 1.48. The van der Waals surface area contributed by atoms with Crippen LogP contribution < -0.4 is 14.4 Å². The van der Waals surface area contributed by atoms with Crippen LogP contribution in [0.15, 0.2) is 60.8 Å². The lowest BCUT2D eigenvalue weighted by atomic mass is 9.68. The van der Waals surface area contributed by atoms with E-state index in [0.717, 1.165) is 62.0 Å². The van der Waals surface area contributed by atoms with E-state index in [4.69, 9.17) is 21.1 Å². The number of nitrogens with one attached hydrogen (secondary N) is 1. The normalized spacial score (nSPS) is 30.3. The van der Waals surface area contributed by atoms with Crippen LogP contribution in [0.25, 0.3) is 0 Å². The van der Waals surface area contributed by atoms with Crippen molar-refractivity contribution in [3.8, 4) is 5.75 Å². The second-order valence-electron chi connectivity index (χ2n) is 13.9. The molecule has 0 unspecified atom stereocenters. The number of carbonyl (C=O) groups excluding carboxylic acids is 1. The fourth-order valence-electron chi connectivity index (χ4n) is 7.96. The molecule has 2 aromatic carbocycles. The molecule has 2 N–H and O–H groups in total. The highest BCUT2D eigenvalue weighted by Gasteiger charge is 2.46. The van der Waals surface area contributed by atoms with Crippen LogP contribution in [0.3, 0.4) is 0 Å². The number of nitrogens with zero attached hydrogens (tertiary/aromatic N) is 2. The van der Waals surface area contributed by atoms with E-state index in [9.17, 15) is 18.3 Å². The average molecular weight is 684 g/mol. The molecule has 6 rings (SSSR count). The van der Waals surface area contributed by atoms with Gasteiger partial charge in [0.2, 0.25) is 10.0 Å². The van der Waals surface area contributed by atoms with Crippen LogP contribution in [0.4, 0.5) is 5.69 Å². The van der Waals surface area contributed by atoms with Gasteiger partial charge in [-0.25, -0.2) is 8.42 Å². The molecule has 47 heavy (non-hydrogen) atoms. The van der Waals surface area contributed by atoms with E-state index >= 15 is 0 Å². The average Bonchev–Trinajstić information content (AvgIpc) is 3.15. The van der Waals surface area contributed by atoms with Gasteiger partial charge in [0.25, 0.3) is 5.91 Å². The monoisotopic (exact) mass is 683 g/mol. The third-order valence-electron chi connectivity index (χ3n) is 10.8. The van der Waals surface area contributed by atoms with E-state index in [1.165, 1.54) is 11.1 Å². The van der Waals surface area contributed by atoms with Crippen LogP contribution in [0, 0.1) is 11.8 Å². The third kappa shape index (κ3) is 6.80. The quantitative estimate of drug-likeness (QED) is 0.440. The number of carbonyl (C=O) groups is 1. The molecule has 1 fully saturated rings. The zero-order chi connectivity index (χ0) is 33.6. The fourth-order valence-corrected chi connectivity index (χ4v) is 8.66. The highest BCUT2D eigenvalue weighted by molar-refractivity contribution is 7.89. The maximum absolute atomic E-state index is 13.7. The Kier molecular flexibility index (Phi) is 9.43. The summed E-state index contributed by atoms with van der Waals surface area (Å²) in [7, 11) is -0.326. The summed E-state index contributed by atoms with van der Waals surface area (Å²) in [5.41, 5.74) is 1.54. The molecule has 2 bridgehead atoms. The van der Waals surface area contributed by atoms with Crippen LogP contribution in [0.1, 0.15) is 55.2 Å². The van der Waals surface area contributed by atoms with Crippen molar-refractivity contribution in [1.29, 1.82) is 0 Å². The van der Waals surface area contributed by atoms with Gasteiger partial charge in [0.15, 0.2) is 5.60 Å². The summed E-state index contributed by atoms with van der Waals surface area (Å²) in [5, 5.41) is 12.9. The fraction of sp³-hybridized carbons (Fsp3) is 0.528. The lowest BCUT2D eigenvalue weighted by Crippen LogP contribution is -2.50. The minimum absolute atomic E-state index is 0.000449. The largest absolute Gasteiger partial charge is 0.490 e. The second-order valence-corrected chi connectivity index (χ2v) is 16.1. The molecule has 11 heteroatoms. The van der Waals surface area contributed by atoms with Gasteiger partial charge in [0, 0.05) is 56.3 Å². The first-order chi connectivity index (χ1) is 22.3. The maximum Gasteiger partial charge on any atom is 0.270 e. The SMILES string of the molecule is C=C1C[C@](O)(C(=O)NS(C)(=O)=O)c2ccc3c(c2)N(C[C@@H]2CC[C@H]2[C@@H](OC)/C=C/CCN1C)C[C@@]1(CCCc2cc(Cl)ccc21)CO3. The Morgan fingerprint density at radius 1 is 1.21 bits per heavy atom. The van der Waals surface area contributed by atoms with E-state index in [0.29, 0.717) is 43.0 Å². The van der Waals surface area contributed by atoms with E-state index < -0.39 is 21.5 Å². The number of ether oxygens (including phenoxy) is 2. The van der Waals surface area contributed by atoms with Crippen molar-refractivity contribution in [1.82, 2.24) is 9.62 Å². The summed E-state index contributed by atoms with van der Waals surface area (Å²) < 4.78 is 39.1. The highest BCUT2D eigenvalue weighted by atomic mass is 35.5. The molecule has 0 aromatic heterocycles. The van der Waals surface area contributed by atoms with E-state index in [1.54, 1.807) is 19.2 Å². The molecule has 254 valence electrons. The predicted octanol–water partition coefficient (Wildman–Crippen LogP) is 4.91. The number of methoxy groups -OCH3 is 1. The number of sulfonamides is 1. The molecular weight excluding hydrogens is 638 g/mol. The molecule has 1 amide bonds. The first kappa shape index (κ1) is 33.8. The van der Waals surface area contributed by atoms with Crippen molar-refractivity contribution in [2.75, 3.05) is 51.6 Å². The summed E-state index contributed by atoms with van der Waals surface area (Å²) >= 11 is 6.44. The Morgan fingerprint density at radius 3 is 2.74 bits per heavy atom. The van der Waals surface area contributed by atoms with Gasteiger partial charge < -0.3 is 24.4 Å². The summed E-state index contributed by atoms with van der Waals surface area (Å²) in [6.45, 7) is 6.67. The van der Waals surface area contributed by atoms with E-state index in [-0.39, 0.29) is 23.5 Å². The van der Waals surface area contributed by atoms with Crippen molar-refractivity contribution >= 4 is 33.2 Å². The molecule has 2 heterocycles. The zero-order valence-electron chi connectivity index (χ0n) is 27.5. The number of hydrogen-bond donors (Lipinski definition) is 2. The van der Waals surface area contributed by atoms with Crippen LogP contribution in [-0.4, -0.2) is 77.1 Å². The number of fused-ring (bicyclic) bond motifs is 4. The smallest absolute Gasteiger partial charge is 0.270 e. The van der Waals surface area contributed by atoms with Gasteiger partial charge in [-0.15, -0.1) is 0 Å². The summed E-state index contributed by atoms with van der Waals surface area (Å²) in [4.78, 5) is 17.9. The molecule has 2 aliphatic heterocycles. The van der Waals surface area contributed by atoms with Gasteiger partial charge in [0.1, 0.15) is 5.75 Å². The Morgan fingerprint density at radius 2 is 2.02 bits per heavy atom. The first-order valence-electron chi connectivity index (χ1n) is 16.5. The topological polar surface area (TPSA) is 108 Å². The number of hydrogen-bond acceptors (Lipinski definition) is 8. The van der Waals surface area contributed by atoms with E-state index in [2.05, 4.69) is 35.8 Å². The molecule has 2 aliphatic carbocycles. The van der Waals surface area contributed by atoms with Crippen molar-refractivity contribution in [2.24, 2.45) is 11.8 Å². The van der Waals surface area contributed by atoms with Gasteiger partial charge in [-0.3, -0.25) is 9.52 Å². The molecule has 4 aliphatic rings. The standard InChI is InChI=1S/C36H46ClN3O6S/c1-24-20-36(42,34(41)38-47(4,43)44)27-11-15-33-31(19-27)40(21-26-10-13-29(26)32(45-3)9-5-6-17-39(24)2)22-35(23-46-33)16-7-8-25-18-28(37)12-14-30(25)35/h5,9,11-12,14-15,18-19,26,29,32,42H,1,6-8,10,13,16-17,20-23H2,2-4H3,(H,38,41)/b9-5+/t26-,29+,32-,35-,36+/m0/s1. The van der Waals surface area contributed by atoms with Gasteiger partial charge in [0.05, 0.1) is 24.7 Å². The van der Waals surface area contributed by atoms with Crippen molar-refractivity contribution < 1.29 is 27.8 Å². The maximum atomic E-state index is 13.7. The molecule has 0 saturated heterocycles. The molecule has 0 radical (unpaired) electrons. The minimum atomic E-state index is -3.96. The number of benzene rings is 2. The molecule has 5 atom stereocenters. The molecule has 2 aromatic rings. The second kappa shape index (κ2) is 13.1. The number of amides is 1. The molecule has 9 nitrogen and oxygen atoms in total. The van der Waals surface area contributed by atoms with Gasteiger partial charge in [-0.2, -0.15) is 0 Å². The van der Waals surface area contributed by atoms with Gasteiger partial charge >= 0.3 is 0 Å². The lowest BCUT2D eigenvalue weighted by Gasteiger charge is -2.46. The molecular formula is C36H46ClN3O6S. The first-order valence-corrected chi connectivity index (χ1v) is 18.7. The summed E-state index contributed by atoms with van der Waals surface area (Å²) in [6.07, 6.45) is 10.8. The molecule has 1 saturated carbocycles. The van der Waals surface area contributed by atoms with Crippen molar-refractivity contribution in [3.05, 3.63) is 82.5 Å². The number of aliphatic hydroxyl groups is 1. The minimum Gasteiger partial charge on any atom is -0.490 e. The number of rotatable bonds is 3. The Bertz CT molecular complexity index is 1680. The van der Waals surface area contributed by atoms with Crippen LogP contribution in [0.5, 0.6) is 5.75 Å².